The van der Waals surface area contributed by atoms with Gasteiger partial charge in [-0.15, -0.1) is 0 Å². The lowest BCUT2D eigenvalue weighted by atomic mass is 9.66. The van der Waals surface area contributed by atoms with Gasteiger partial charge < -0.3 is 9.47 Å². The van der Waals surface area contributed by atoms with Crippen LogP contribution in [0.4, 0.5) is 0 Å². The van der Waals surface area contributed by atoms with Gasteiger partial charge in [-0.1, -0.05) is 26.0 Å². The number of esters is 2. The second kappa shape index (κ2) is 5.24. The van der Waals surface area contributed by atoms with Crippen molar-refractivity contribution >= 4 is 11.9 Å². The molecule has 9 heteroatoms. The maximum absolute atomic E-state index is 13.0. The van der Waals surface area contributed by atoms with Crippen LogP contribution < -0.4 is 11.4 Å². The number of aromatic nitrogens is 3. The van der Waals surface area contributed by atoms with Gasteiger partial charge in [0.25, 0.3) is 0 Å². The molecular weight excluding hydrogens is 354 g/mol. The molecule has 1 saturated heterocycles. The van der Waals surface area contributed by atoms with E-state index in [-0.39, 0.29) is 19.1 Å². The van der Waals surface area contributed by atoms with Crippen LogP contribution in [-0.4, -0.2) is 38.1 Å². The molecule has 3 aliphatic rings. The average molecular weight is 377 g/mol. The van der Waals surface area contributed by atoms with E-state index in [1.54, 1.807) is 12.2 Å². The number of nitrogens with zero attached hydrogens (tertiary/aromatic N) is 3. The standard InChI is InChI=1S/C18H23N3O6/c1-16(2)17(3)7-8-18(16,27-12(17)22)13(23)26-10-11-6-5-9-20-14(24)19(4)15(25)21(11)20/h5-6,11H,7-10H2,1-4H3/t11-,17+,18-/m0/s1. The van der Waals surface area contributed by atoms with Crippen LogP contribution in [0.3, 0.4) is 0 Å². The molecule has 0 spiro atoms. The molecule has 1 aliphatic carbocycles. The van der Waals surface area contributed by atoms with Crippen LogP contribution in [0, 0.1) is 10.8 Å². The topological polar surface area (TPSA) is 102 Å². The second-order valence-corrected chi connectivity index (χ2v) is 8.32. The SMILES string of the molecule is Cn1c(=O)n2n(c1=O)[C@H](COC(=O)[C@]13CC[C@](C)(C(=O)O1)C3(C)C)C=CC2. The van der Waals surface area contributed by atoms with Crippen molar-refractivity contribution in [3.05, 3.63) is 33.1 Å². The van der Waals surface area contributed by atoms with Crippen molar-refractivity contribution in [2.75, 3.05) is 6.61 Å². The van der Waals surface area contributed by atoms with Crippen molar-refractivity contribution < 1.29 is 19.1 Å². The van der Waals surface area contributed by atoms with E-state index in [1.807, 2.05) is 20.8 Å². The fourth-order valence-electron chi connectivity index (χ4n) is 4.60. The van der Waals surface area contributed by atoms with Gasteiger partial charge in [-0.3, -0.25) is 4.79 Å². The Kier molecular flexibility index (Phi) is 3.45. The number of carbonyl (C=O) groups is 2. The van der Waals surface area contributed by atoms with Crippen molar-refractivity contribution in [1.82, 2.24) is 13.9 Å². The Morgan fingerprint density at radius 1 is 1.22 bits per heavy atom. The van der Waals surface area contributed by atoms with Crippen LogP contribution in [0.2, 0.25) is 0 Å². The van der Waals surface area contributed by atoms with E-state index in [2.05, 4.69) is 0 Å². The van der Waals surface area contributed by atoms with Crippen molar-refractivity contribution in [2.24, 2.45) is 17.9 Å². The van der Waals surface area contributed by atoms with Crippen LogP contribution in [0.25, 0.3) is 0 Å². The van der Waals surface area contributed by atoms with Crippen molar-refractivity contribution in [1.29, 1.82) is 0 Å². The zero-order chi connectivity index (χ0) is 19.8. The molecule has 0 N–H and O–H groups in total. The van der Waals surface area contributed by atoms with E-state index in [9.17, 15) is 19.2 Å². The van der Waals surface area contributed by atoms with Gasteiger partial charge in [0.2, 0.25) is 5.60 Å². The van der Waals surface area contributed by atoms with Crippen molar-refractivity contribution in [3.63, 3.8) is 0 Å². The molecule has 2 fully saturated rings. The summed E-state index contributed by atoms with van der Waals surface area (Å²) >= 11 is 0. The minimum atomic E-state index is -1.31. The zero-order valence-corrected chi connectivity index (χ0v) is 15.9. The number of fused-ring (bicyclic) bond motifs is 3. The van der Waals surface area contributed by atoms with Gasteiger partial charge in [-0.05, 0) is 19.8 Å². The lowest BCUT2D eigenvalue weighted by Crippen LogP contribution is -2.49. The molecule has 0 unspecified atom stereocenters. The molecular formula is C18H23N3O6. The first kappa shape index (κ1) is 17.8. The van der Waals surface area contributed by atoms with Gasteiger partial charge in [-0.25, -0.2) is 28.3 Å². The molecule has 1 aromatic heterocycles. The quantitative estimate of drug-likeness (QED) is 0.548. The van der Waals surface area contributed by atoms with Gasteiger partial charge >= 0.3 is 23.3 Å². The molecule has 0 aromatic carbocycles. The Labute approximate surface area is 155 Å². The summed E-state index contributed by atoms with van der Waals surface area (Å²) < 4.78 is 14.7. The maximum atomic E-state index is 13.0. The Balaban J connectivity index is 1.59. The highest BCUT2D eigenvalue weighted by Gasteiger charge is 2.76. The normalized spacial score (nSPS) is 33.0. The predicted molar refractivity (Wildman–Crippen MR) is 93.0 cm³/mol. The Morgan fingerprint density at radius 2 is 1.93 bits per heavy atom. The summed E-state index contributed by atoms with van der Waals surface area (Å²) in [6, 6.07) is -0.589. The highest BCUT2D eigenvalue weighted by atomic mass is 16.6. The molecule has 27 heavy (non-hydrogen) atoms. The van der Waals surface area contributed by atoms with Crippen molar-refractivity contribution in [2.45, 2.75) is 51.8 Å². The summed E-state index contributed by atoms with van der Waals surface area (Å²) in [7, 11) is 1.41. The summed E-state index contributed by atoms with van der Waals surface area (Å²) in [6.45, 7) is 5.69. The van der Waals surface area contributed by atoms with E-state index < -0.39 is 39.8 Å². The molecule has 0 amide bonds. The summed E-state index contributed by atoms with van der Waals surface area (Å²) in [5.41, 5.74) is -3.60. The largest absolute Gasteiger partial charge is 0.460 e. The molecule has 4 rings (SSSR count). The molecule has 1 saturated carbocycles. The summed E-state index contributed by atoms with van der Waals surface area (Å²) in [4.78, 5) is 49.7. The minimum Gasteiger partial charge on any atom is -0.460 e. The van der Waals surface area contributed by atoms with Crippen molar-refractivity contribution in [3.8, 4) is 0 Å². The molecule has 146 valence electrons. The molecule has 9 nitrogen and oxygen atoms in total. The fourth-order valence-corrected chi connectivity index (χ4v) is 4.60. The monoisotopic (exact) mass is 377 g/mol. The zero-order valence-electron chi connectivity index (χ0n) is 15.9. The van der Waals surface area contributed by atoms with E-state index in [0.717, 1.165) is 4.57 Å². The van der Waals surface area contributed by atoms with E-state index in [0.29, 0.717) is 12.8 Å². The molecule has 3 heterocycles. The number of ether oxygens (including phenoxy) is 2. The van der Waals surface area contributed by atoms with Gasteiger partial charge in [0, 0.05) is 12.5 Å². The summed E-state index contributed by atoms with van der Waals surface area (Å²) in [6.07, 6.45) is 4.46. The third kappa shape index (κ3) is 1.94. The molecule has 2 aliphatic heterocycles. The number of hydrogen-bond donors (Lipinski definition) is 0. The third-order valence-electron chi connectivity index (χ3n) is 7.00. The lowest BCUT2D eigenvalue weighted by Gasteiger charge is -2.34. The van der Waals surface area contributed by atoms with Gasteiger partial charge in [0.05, 0.1) is 12.0 Å². The van der Waals surface area contributed by atoms with Gasteiger partial charge in [-0.2, -0.15) is 0 Å². The Morgan fingerprint density at radius 3 is 2.52 bits per heavy atom. The first-order chi connectivity index (χ1) is 12.6. The number of hydrogen-bond acceptors (Lipinski definition) is 6. The second-order valence-electron chi connectivity index (χ2n) is 8.32. The number of rotatable bonds is 3. The Hall–Kier alpha value is -2.58. The fraction of sp³-hybridized carbons (Fsp3) is 0.667. The number of allylic oxidation sites excluding steroid dienone is 1. The summed E-state index contributed by atoms with van der Waals surface area (Å²) in [5.74, 6) is -0.972. The van der Waals surface area contributed by atoms with E-state index in [4.69, 9.17) is 9.47 Å². The van der Waals surface area contributed by atoms with E-state index >= 15 is 0 Å². The lowest BCUT2D eigenvalue weighted by molar-refractivity contribution is -0.183. The van der Waals surface area contributed by atoms with Gasteiger partial charge in [0.15, 0.2) is 0 Å². The number of carbonyl (C=O) groups excluding carboxylic acids is 2. The Bertz CT molecular complexity index is 996. The van der Waals surface area contributed by atoms with E-state index in [1.165, 1.54) is 16.4 Å². The first-order valence-corrected chi connectivity index (χ1v) is 9.02. The molecule has 1 aromatic rings. The average Bonchev–Trinajstić information content (AvgIpc) is 3.05. The van der Waals surface area contributed by atoms with Crippen LogP contribution >= 0.6 is 0 Å². The predicted octanol–water partition coefficient (Wildman–Crippen LogP) is 0.124. The van der Waals surface area contributed by atoms with Crippen LogP contribution in [0.1, 0.15) is 39.7 Å². The molecule has 3 atom stereocenters. The smallest absolute Gasteiger partial charge is 0.351 e. The van der Waals surface area contributed by atoms with Gasteiger partial charge in [0.1, 0.15) is 12.6 Å². The van der Waals surface area contributed by atoms with Crippen LogP contribution in [0.5, 0.6) is 0 Å². The molecule has 2 bridgehead atoms. The third-order valence-corrected chi connectivity index (χ3v) is 7.00. The van der Waals surface area contributed by atoms with Crippen LogP contribution in [0.15, 0.2) is 21.7 Å². The maximum Gasteiger partial charge on any atom is 0.351 e. The summed E-state index contributed by atoms with van der Waals surface area (Å²) in [5, 5.41) is 0. The highest BCUT2D eigenvalue weighted by Crippen LogP contribution is 2.65. The first-order valence-electron chi connectivity index (χ1n) is 9.02. The van der Waals surface area contributed by atoms with Crippen LogP contribution in [-0.2, 0) is 32.7 Å². The molecule has 0 radical (unpaired) electrons. The minimum absolute atomic E-state index is 0.120. The highest BCUT2D eigenvalue weighted by molar-refractivity contribution is 5.93.